The molecule has 106 valence electrons. The van der Waals surface area contributed by atoms with Gasteiger partial charge < -0.3 is 5.11 Å². The number of rotatable bonds is 4. The van der Waals surface area contributed by atoms with Crippen LogP contribution in [0.4, 0.5) is 0 Å². The molecule has 1 aromatic rings. The van der Waals surface area contributed by atoms with Gasteiger partial charge in [0.25, 0.3) is 0 Å². The van der Waals surface area contributed by atoms with Crippen molar-refractivity contribution in [3.63, 3.8) is 0 Å². The van der Waals surface area contributed by atoms with E-state index >= 15 is 0 Å². The zero-order valence-corrected chi connectivity index (χ0v) is 12.6. The Hall–Kier alpha value is -0.570. The minimum Gasteiger partial charge on any atom is -0.393 e. The first kappa shape index (κ1) is 14.8. The molecular weight excluding hydrogens is 258 g/mol. The summed E-state index contributed by atoms with van der Waals surface area (Å²) in [6.45, 7) is 3.17. The lowest BCUT2D eigenvalue weighted by Gasteiger charge is -2.34. The third-order valence-electron chi connectivity index (χ3n) is 4.41. The monoisotopic (exact) mass is 281 g/mol. The van der Waals surface area contributed by atoms with E-state index in [1.165, 1.54) is 18.4 Å². The predicted octanol–water partition coefficient (Wildman–Crippen LogP) is 3.88. The van der Waals surface area contributed by atoms with Crippen molar-refractivity contribution < 1.29 is 5.11 Å². The maximum absolute atomic E-state index is 10.1. The Labute approximate surface area is 121 Å². The SMILES string of the molecule is CC(c1ccc(Cl)cc1)N(C)CC1CCCCC1O. The normalized spacial score (nSPS) is 25.5. The van der Waals surface area contributed by atoms with Crippen LogP contribution in [0.15, 0.2) is 24.3 Å². The third kappa shape index (κ3) is 3.95. The van der Waals surface area contributed by atoms with Crippen molar-refractivity contribution in [3.8, 4) is 0 Å². The van der Waals surface area contributed by atoms with Gasteiger partial charge in [-0.2, -0.15) is 0 Å². The molecule has 0 heterocycles. The van der Waals surface area contributed by atoms with Crippen LogP contribution in [-0.2, 0) is 0 Å². The van der Waals surface area contributed by atoms with Crippen LogP contribution >= 0.6 is 11.6 Å². The van der Waals surface area contributed by atoms with Crippen LogP contribution in [0, 0.1) is 5.92 Å². The summed E-state index contributed by atoms with van der Waals surface area (Å²) in [5.41, 5.74) is 1.28. The summed E-state index contributed by atoms with van der Waals surface area (Å²) in [6.07, 6.45) is 4.43. The van der Waals surface area contributed by atoms with Crippen LogP contribution in [0.2, 0.25) is 5.02 Å². The number of benzene rings is 1. The Morgan fingerprint density at radius 3 is 2.53 bits per heavy atom. The van der Waals surface area contributed by atoms with Gasteiger partial charge in [-0.1, -0.05) is 36.6 Å². The van der Waals surface area contributed by atoms with Crippen LogP contribution in [0.3, 0.4) is 0 Å². The van der Waals surface area contributed by atoms with Gasteiger partial charge in [0, 0.05) is 17.6 Å². The molecule has 19 heavy (non-hydrogen) atoms. The minimum atomic E-state index is -0.117. The van der Waals surface area contributed by atoms with Gasteiger partial charge in [-0.25, -0.2) is 0 Å². The molecule has 0 saturated heterocycles. The fourth-order valence-electron chi connectivity index (χ4n) is 2.92. The van der Waals surface area contributed by atoms with Gasteiger partial charge in [0.2, 0.25) is 0 Å². The number of aliphatic hydroxyl groups is 1. The van der Waals surface area contributed by atoms with Gasteiger partial charge in [-0.15, -0.1) is 0 Å². The molecule has 1 aliphatic carbocycles. The van der Waals surface area contributed by atoms with E-state index in [0.717, 1.165) is 24.4 Å². The summed E-state index contributed by atoms with van der Waals surface area (Å²) in [6, 6.07) is 8.40. The minimum absolute atomic E-state index is 0.117. The fraction of sp³-hybridized carbons (Fsp3) is 0.625. The van der Waals surface area contributed by atoms with Crippen LogP contribution < -0.4 is 0 Å². The molecule has 3 unspecified atom stereocenters. The van der Waals surface area contributed by atoms with Crippen molar-refractivity contribution in [1.82, 2.24) is 4.90 Å². The molecular formula is C16H24ClNO. The second-order valence-corrected chi connectivity index (χ2v) is 6.22. The molecule has 2 rings (SSSR count). The van der Waals surface area contributed by atoms with Gasteiger partial charge in [0.05, 0.1) is 6.10 Å². The van der Waals surface area contributed by atoms with E-state index in [0.29, 0.717) is 12.0 Å². The molecule has 1 fully saturated rings. The Morgan fingerprint density at radius 1 is 1.26 bits per heavy atom. The summed E-state index contributed by atoms with van der Waals surface area (Å²) >= 11 is 5.92. The largest absolute Gasteiger partial charge is 0.393 e. The molecule has 3 atom stereocenters. The van der Waals surface area contributed by atoms with E-state index in [-0.39, 0.29) is 6.10 Å². The van der Waals surface area contributed by atoms with E-state index in [2.05, 4.69) is 31.0 Å². The fourth-order valence-corrected chi connectivity index (χ4v) is 3.05. The Kier molecular flexibility index (Phi) is 5.26. The first-order chi connectivity index (χ1) is 9.08. The predicted molar refractivity (Wildman–Crippen MR) is 80.5 cm³/mol. The molecule has 0 aliphatic heterocycles. The topological polar surface area (TPSA) is 23.5 Å². The van der Waals surface area contributed by atoms with E-state index in [1.807, 2.05) is 12.1 Å². The summed E-state index contributed by atoms with van der Waals surface area (Å²) in [5, 5.41) is 10.8. The molecule has 0 aromatic heterocycles. The summed E-state index contributed by atoms with van der Waals surface area (Å²) in [7, 11) is 2.14. The highest BCUT2D eigenvalue weighted by molar-refractivity contribution is 6.30. The molecule has 2 nitrogen and oxygen atoms in total. The van der Waals surface area contributed by atoms with Gasteiger partial charge in [0.1, 0.15) is 0 Å². The zero-order valence-electron chi connectivity index (χ0n) is 11.8. The number of aliphatic hydroxyl groups excluding tert-OH is 1. The number of nitrogens with zero attached hydrogens (tertiary/aromatic N) is 1. The van der Waals surface area contributed by atoms with Crippen LogP contribution in [0.25, 0.3) is 0 Å². The second-order valence-electron chi connectivity index (χ2n) is 5.78. The highest BCUT2D eigenvalue weighted by atomic mass is 35.5. The first-order valence-electron chi connectivity index (χ1n) is 7.21. The van der Waals surface area contributed by atoms with Gasteiger partial charge in [-0.3, -0.25) is 4.90 Å². The maximum Gasteiger partial charge on any atom is 0.0580 e. The van der Waals surface area contributed by atoms with E-state index in [1.54, 1.807) is 0 Å². The maximum atomic E-state index is 10.1. The van der Waals surface area contributed by atoms with E-state index in [9.17, 15) is 5.11 Å². The van der Waals surface area contributed by atoms with Crippen molar-refractivity contribution in [2.75, 3.05) is 13.6 Å². The molecule has 0 spiro atoms. The summed E-state index contributed by atoms with van der Waals surface area (Å²) in [4.78, 5) is 2.34. The molecule has 1 aromatic carbocycles. The number of halogens is 1. The van der Waals surface area contributed by atoms with E-state index in [4.69, 9.17) is 11.6 Å². The quantitative estimate of drug-likeness (QED) is 0.905. The number of hydrogen-bond donors (Lipinski definition) is 1. The second kappa shape index (κ2) is 6.74. The van der Waals surface area contributed by atoms with Crippen molar-refractivity contribution >= 4 is 11.6 Å². The Bertz CT molecular complexity index is 392. The molecule has 1 N–H and O–H groups in total. The molecule has 1 aliphatic rings. The molecule has 0 amide bonds. The molecule has 1 saturated carbocycles. The lowest BCUT2D eigenvalue weighted by atomic mass is 9.86. The average molecular weight is 282 g/mol. The lowest BCUT2D eigenvalue weighted by Crippen LogP contribution is -2.36. The standard InChI is InChI=1S/C16H24ClNO/c1-12(13-7-9-15(17)10-8-13)18(2)11-14-5-3-4-6-16(14)19/h7-10,12,14,16,19H,3-6,11H2,1-2H3. The average Bonchev–Trinajstić information content (AvgIpc) is 2.41. The van der Waals surface area contributed by atoms with Crippen LogP contribution in [0.1, 0.15) is 44.2 Å². The van der Waals surface area contributed by atoms with Gasteiger partial charge in [0.15, 0.2) is 0 Å². The van der Waals surface area contributed by atoms with Crippen molar-refractivity contribution in [3.05, 3.63) is 34.9 Å². The van der Waals surface area contributed by atoms with Gasteiger partial charge in [-0.05, 0) is 50.4 Å². The smallest absolute Gasteiger partial charge is 0.0580 e. The Balaban J connectivity index is 1.94. The number of hydrogen-bond acceptors (Lipinski definition) is 2. The highest BCUT2D eigenvalue weighted by Gasteiger charge is 2.25. The summed E-state index contributed by atoms with van der Waals surface area (Å²) < 4.78 is 0. The molecule has 0 bridgehead atoms. The van der Waals surface area contributed by atoms with Gasteiger partial charge >= 0.3 is 0 Å². The molecule has 3 heteroatoms. The highest BCUT2D eigenvalue weighted by Crippen LogP contribution is 2.28. The molecule has 0 radical (unpaired) electrons. The summed E-state index contributed by atoms with van der Waals surface area (Å²) in [5.74, 6) is 0.425. The van der Waals surface area contributed by atoms with Crippen LogP contribution in [0.5, 0.6) is 0 Å². The van der Waals surface area contributed by atoms with E-state index < -0.39 is 0 Å². The first-order valence-corrected chi connectivity index (χ1v) is 7.59. The zero-order chi connectivity index (χ0) is 13.8. The van der Waals surface area contributed by atoms with Crippen LogP contribution in [-0.4, -0.2) is 29.7 Å². The Morgan fingerprint density at radius 2 is 1.89 bits per heavy atom. The van der Waals surface area contributed by atoms with Crippen molar-refractivity contribution in [1.29, 1.82) is 0 Å². The lowest BCUT2D eigenvalue weighted by molar-refractivity contribution is 0.0446. The van der Waals surface area contributed by atoms with Crippen molar-refractivity contribution in [2.24, 2.45) is 5.92 Å². The van der Waals surface area contributed by atoms with Crippen molar-refractivity contribution in [2.45, 2.75) is 44.8 Å². The third-order valence-corrected chi connectivity index (χ3v) is 4.66.